The van der Waals surface area contributed by atoms with Gasteiger partial charge in [0.05, 0.1) is 6.26 Å². The second-order valence-corrected chi connectivity index (χ2v) is 3.06. The third-order valence-electron chi connectivity index (χ3n) is 2.09. The summed E-state index contributed by atoms with van der Waals surface area (Å²) in [6, 6.07) is 6.70. The molecule has 1 aromatic carbocycles. The zero-order chi connectivity index (χ0) is 10.8. The Morgan fingerprint density at radius 3 is 2.60 bits per heavy atom. The molecule has 0 spiro atoms. The molecule has 1 N–H and O–H groups in total. The van der Waals surface area contributed by atoms with Crippen LogP contribution in [-0.4, -0.2) is 5.11 Å². The van der Waals surface area contributed by atoms with Crippen LogP contribution in [0, 0.1) is 11.6 Å². The van der Waals surface area contributed by atoms with Crippen molar-refractivity contribution in [2.45, 2.75) is 6.10 Å². The van der Waals surface area contributed by atoms with E-state index < -0.39 is 17.7 Å². The Balaban J connectivity index is 2.42. The molecule has 0 aliphatic heterocycles. The third-order valence-corrected chi connectivity index (χ3v) is 2.09. The molecule has 0 aliphatic carbocycles. The lowest BCUT2D eigenvalue weighted by atomic mass is 10.1. The average Bonchev–Trinajstić information content (AvgIpc) is 2.74. The molecule has 1 atom stereocenters. The number of furan rings is 1. The van der Waals surface area contributed by atoms with Crippen LogP contribution in [0.4, 0.5) is 8.78 Å². The lowest BCUT2D eigenvalue weighted by molar-refractivity contribution is 0.183. The summed E-state index contributed by atoms with van der Waals surface area (Å²) >= 11 is 0. The fourth-order valence-electron chi connectivity index (χ4n) is 1.33. The lowest BCUT2D eigenvalue weighted by Crippen LogP contribution is -2.02. The molecule has 0 aliphatic rings. The third kappa shape index (κ3) is 1.76. The van der Waals surface area contributed by atoms with E-state index in [1.165, 1.54) is 24.5 Å². The largest absolute Gasteiger partial charge is 0.466 e. The molecule has 0 amide bonds. The number of hydrogen-bond donors (Lipinski definition) is 1. The Hall–Kier alpha value is -1.68. The van der Waals surface area contributed by atoms with Gasteiger partial charge in [-0.25, -0.2) is 8.78 Å². The van der Waals surface area contributed by atoms with Gasteiger partial charge in [-0.05, 0) is 18.2 Å². The Kier molecular flexibility index (Phi) is 2.51. The molecule has 1 heterocycles. The number of aliphatic hydroxyl groups is 1. The molecule has 1 unspecified atom stereocenters. The zero-order valence-corrected chi connectivity index (χ0v) is 7.65. The highest BCUT2D eigenvalue weighted by molar-refractivity contribution is 5.26. The SMILES string of the molecule is OC(c1ccco1)c1cccc(F)c1F. The van der Waals surface area contributed by atoms with Gasteiger partial charge in [0.1, 0.15) is 11.9 Å². The summed E-state index contributed by atoms with van der Waals surface area (Å²) in [7, 11) is 0. The molecule has 2 nitrogen and oxygen atoms in total. The topological polar surface area (TPSA) is 33.4 Å². The first kappa shape index (κ1) is 9.86. The first-order valence-corrected chi connectivity index (χ1v) is 4.35. The number of rotatable bonds is 2. The summed E-state index contributed by atoms with van der Waals surface area (Å²) in [6.45, 7) is 0. The average molecular weight is 210 g/mol. The van der Waals surface area contributed by atoms with Gasteiger partial charge in [-0.15, -0.1) is 0 Å². The van der Waals surface area contributed by atoms with Gasteiger partial charge < -0.3 is 9.52 Å². The highest BCUT2D eigenvalue weighted by atomic mass is 19.2. The molecule has 2 rings (SSSR count). The number of benzene rings is 1. The van der Waals surface area contributed by atoms with Crippen molar-refractivity contribution >= 4 is 0 Å². The van der Waals surface area contributed by atoms with Crippen molar-refractivity contribution in [1.29, 1.82) is 0 Å². The van der Waals surface area contributed by atoms with E-state index in [0.717, 1.165) is 6.07 Å². The Morgan fingerprint density at radius 1 is 1.13 bits per heavy atom. The first-order chi connectivity index (χ1) is 7.20. The molecule has 2 aromatic rings. The predicted octanol–water partition coefficient (Wildman–Crippen LogP) is 2.64. The van der Waals surface area contributed by atoms with Gasteiger partial charge in [-0.1, -0.05) is 12.1 Å². The van der Waals surface area contributed by atoms with E-state index in [-0.39, 0.29) is 11.3 Å². The van der Waals surface area contributed by atoms with Gasteiger partial charge in [0, 0.05) is 5.56 Å². The first-order valence-electron chi connectivity index (χ1n) is 4.35. The van der Waals surface area contributed by atoms with Gasteiger partial charge in [-0.3, -0.25) is 0 Å². The molecule has 1 aromatic heterocycles. The van der Waals surface area contributed by atoms with Crippen LogP contribution in [0.2, 0.25) is 0 Å². The van der Waals surface area contributed by atoms with Crippen molar-refractivity contribution in [2.24, 2.45) is 0 Å². The number of hydrogen-bond acceptors (Lipinski definition) is 2. The lowest BCUT2D eigenvalue weighted by Gasteiger charge is -2.09. The summed E-state index contributed by atoms with van der Waals surface area (Å²) in [4.78, 5) is 0. The van der Waals surface area contributed by atoms with E-state index in [2.05, 4.69) is 0 Å². The molecular formula is C11H8F2O2. The van der Waals surface area contributed by atoms with E-state index in [0.29, 0.717) is 0 Å². The predicted molar refractivity (Wildman–Crippen MR) is 49.1 cm³/mol. The minimum Gasteiger partial charge on any atom is -0.466 e. The number of halogens is 2. The summed E-state index contributed by atoms with van der Waals surface area (Å²) < 4.78 is 31.0. The molecule has 0 radical (unpaired) electrons. The molecular weight excluding hydrogens is 202 g/mol. The van der Waals surface area contributed by atoms with Crippen LogP contribution in [0.3, 0.4) is 0 Å². The fourth-order valence-corrected chi connectivity index (χ4v) is 1.33. The van der Waals surface area contributed by atoms with Crippen LogP contribution in [0.1, 0.15) is 17.4 Å². The minimum atomic E-state index is -1.28. The molecule has 4 heteroatoms. The molecule has 0 bridgehead atoms. The van der Waals surface area contributed by atoms with E-state index in [1.807, 2.05) is 0 Å². The molecule has 15 heavy (non-hydrogen) atoms. The van der Waals surface area contributed by atoms with Gasteiger partial charge in [0.2, 0.25) is 0 Å². The Bertz CT molecular complexity index is 452. The summed E-state index contributed by atoms with van der Waals surface area (Å²) in [5, 5.41) is 9.69. The van der Waals surface area contributed by atoms with Crippen molar-refractivity contribution in [3.05, 3.63) is 59.6 Å². The minimum absolute atomic E-state index is 0.134. The summed E-state index contributed by atoms with van der Waals surface area (Å²) in [5.74, 6) is -1.86. The second-order valence-electron chi connectivity index (χ2n) is 3.06. The highest BCUT2D eigenvalue weighted by Gasteiger charge is 2.19. The number of aliphatic hydroxyl groups excluding tert-OH is 1. The summed E-state index contributed by atoms with van der Waals surface area (Å²) in [5.41, 5.74) is -0.134. The van der Waals surface area contributed by atoms with Crippen LogP contribution in [-0.2, 0) is 0 Å². The zero-order valence-electron chi connectivity index (χ0n) is 7.65. The maximum atomic E-state index is 13.3. The van der Waals surface area contributed by atoms with Crippen molar-refractivity contribution < 1.29 is 18.3 Å². The molecule has 0 saturated carbocycles. The van der Waals surface area contributed by atoms with E-state index in [4.69, 9.17) is 4.42 Å². The van der Waals surface area contributed by atoms with Gasteiger partial charge in [-0.2, -0.15) is 0 Å². The molecule has 78 valence electrons. The van der Waals surface area contributed by atoms with Gasteiger partial charge in [0.15, 0.2) is 11.6 Å². The highest BCUT2D eigenvalue weighted by Crippen LogP contribution is 2.25. The van der Waals surface area contributed by atoms with E-state index >= 15 is 0 Å². The quantitative estimate of drug-likeness (QED) is 0.826. The molecule has 0 saturated heterocycles. The van der Waals surface area contributed by atoms with Crippen molar-refractivity contribution in [1.82, 2.24) is 0 Å². The second kappa shape index (κ2) is 3.82. The maximum Gasteiger partial charge on any atom is 0.165 e. The van der Waals surface area contributed by atoms with E-state index in [1.54, 1.807) is 6.07 Å². The monoisotopic (exact) mass is 210 g/mol. The van der Waals surface area contributed by atoms with Crippen LogP contribution < -0.4 is 0 Å². The van der Waals surface area contributed by atoms with Crippen molar-refractivity contribution in [2.75, 3.05) is 0 Å². The van der Waals surface area contributed by atoms with Crippen LogP contribution in [0.15, 0.2) is 41.0 Å². The smallest absolute Gasteiger partial charge is 0.165 e. The standard InChI is InChI=1S/C11H8F2O2/c12-8-4-1-3-7(10(8)13)11(14)9-5-2-6-15-9/h1-6,11,14H. The normalized spacial score (nSPS) is 12.7. The fraction of sp³-hybridized carbons (Fsp3) is 0.0909. The van der Waals surface area contributed by atoms with Crippen LogP contribution in [0.5, 0.6) is 0 Å². The Labute approximate surface area is 84.8 Å². The van der Waals surface area contributed by atoms with Crippen LogP contribution >= 0.6 is 0 Å². The summed E-state index contributed by atoms with van der Waals surface area (Å²) in [6.07, 6.45) is 0.0751. The maximum absolute atomic E-state index is 13.3. The van der Waals surface area contributed by atoms with Crippen LogP contribution in [0.25, 0.3) is 0 Å². The van der Waals surface area contributed by atoms with Gasteiger partial charge in [0.25, 0.3) is 0 Å². The van der Waals surface area contributed by atoms with Crippen molar-refractivity contribution in [3.8, 4) is 0 Å². The Morgan fingerprint density at radius 2 is 1.93 bits per heavy atom. The van der Waals surface area contributed by atoms with E-state index in [9.17, 15) is 13.9 Å². The van der Waals surface area contributed by atoms with Crippen molar-refractivity contribution in [3.63, 3.8) is 0 Å². The van der Waals surface area contributed by atoms with Gasteiger partial charge >= 0.3 is 0 Å². The molecule has 0 fully saturated rings.